The fraction of sp³-hybridized carbons (Fsp3) is 0.353. The summed E-state index contributed by atoms with van der Waals surface area (Å²) in [6.45, 7) is -1.27. The lowest BCUT2D eigenvalue weighted by atomic mass is 9.90. The largest absolute Gasteiger partial charge is 0.477 e. The molecule has 0 aliphatic carbocycles. The Morgan fingerprint density at radius 3 is 2.12 bits per heavy atom. The minimum absolute atomic E-state index is 0.122. The van der Waals surface area contributed by atoms with Gasteiger partial charge in [-0.1, -0.05) is 12.1 Å². The number of aliphatic hydroxyl groups is 4. The van der Waals surface area contributed by atoms with E-state index in [1.54, 1.807) is 19.2 Å². The van der Waals surface area contributed by atoms with Gasteiger partial charge in [0.15, 0.2) is 0 Å². The smallest absolute Gasteiger partial charge is 0.352 e. The number of aromatic carboxylic acids is 1. The van der Waals surface area contributed by atoms with Gasteiger partial charge in [-0.05, 0) is 29.3 Å². The molecule has 0 bridgehead atoms. The van der Waals surface area contributed by atoms with Crippen LogP contribution in [0, 0.1) is 0 Å². The molecule has 25 heavy (non-hydrogen) atoms. The molecule has 1 heterocycles. The van der Waals surface area contributed by atoms with Crippen LogP contribution in [0.3, 0.4) is 0 Å². The Morgan fingerprint density at radius 1 is 1.00 bits per heavy atom. The second-order valence-corrected chi connectivity index (χ2v) is 5.53. The Hall–Kier alpha value is -2.23. The number of aromatic nitrogens is 1. The van der Waals surface area contributed by atoms with Gasteiger partial charge in [0.25, 0.3) is 0 Å². The first-order valence-corrected chi connectivity index (χ1v) is 7.72. The molecule has 2 rings (SSSR count). The van der Waals surface area contributed by atoms with Crippen LogP contribution in [-0.4, -0.2) is 43.5 Å². The molecule has 2 aromatic rings. The maximum absolute atomic E-state index is 11.5. The quantitative estimate of drug-likeness (QED) is 0.356. The number of rotatable bonds is 8. The van der Waals surface area contributed by atoms with E-state index < -0.39 is 19.2 Å². The number of aromatic amines is 1. The lowest BCUT2D eigenvalue weighted by molar-refractivity contribution is 0.0687. The topological polar surface area (TPSA) is 146 Å². The minimum Gasteiger partial charge on any atom is -0.477 e. The highest BCUT2D eigenvalue weighted by atomic mass is 16.4. The molecule has 7 N–H and O–H groups in total. The molecule has 0 spiro atoms. The molecule has 0 amide bonds. The number of aliphatic hydroxyl groups excluding tert-OH is 4. The van der Waals surface area contributed by atoms with Crippen LogP contribution >= 0.6 is 0 Å². The van der Waals surface area contributed by atoms with Gasteiger partial charge in [0, 0.05) is 23.4 Å². The highest BCUT2D eigenvalue weighted by molar-refractivity contribution is 5.92. The molecule has 0 saturated carbocycles. The number of hydrogen-bond donors (Lipinski definition) is 7. The third kappa shape index (κ3) is 3.44. The summed E-state index contributed by atoms with van der Waals surface area (Å²) in [7, 11) is 1.70. The number of H-pyrrole nitrogens is 1. The summed E-state index contributed by atoms with van der Waals surface area (Å²) in [6.07, 6.45) is 0. The average Bonchev–Trinajstić information content (AvgIpc) is 2.98. The fourth-order valence-electron chi connectivity index (χ4n) is 3.07. The molecular weight excluding hydrogens is 328 g/mol. The molecule has 0 unspecified atom stereocenters. The Labute approximate surface area is 144 Å². The monoisotopic (exact) mass is 350 g/mol. The third-order valence-electron chi connectivity index (χ3n) is 4.19. The SMILES string of the molecule is CNCc1[nH]c(C(=O)O)c(CO)c1-c1ccc(CO)c(CO)c1CO. The van der Waals surface area contributed by atoms with Crippen molar-refractivity contribution >= 4 is 5.97 Å². The van der Waals surface area contributed by atoms with Crippen molar-refractivity contribution in [2.75, 3.05) is 7.05 Å². The Morgan fingerprint density at radius 2 is 1.64 bits per heavy atom. The van der Waals surface area contributed by atoms with Crippen LogP contribution in [0.5, 0.6) is 0 Å². The summed E-state index contributed by atoms with van der Waals surface area (Å²) in [5.41, 5.74) is 2.84. The highest BCUT2D eigenvalue weighted by Crippen LogP contribution is 2.36. The zero-order valence-electron chi connectivity index (χ0n) is 13.8. The first-order chi connectivity index (χ1) is 12.0. The van der Waals surface area contributed by atoms with Crippen molar-refractivity contribution < 1.29 is 30.3 Å². The lowest BCUT2D eigenvalue weighted by Gasteiger charge is -2.17. The number of carbonyl (C=O) groups is 1. The normalized spacial score (nSPS) is 11.1. The number of hydrogen-bond acceptors (Lipinski definition) is 6. The number of carboxylic acids is 1. The van der Waals surface area contributed by atoms with E-state index in [0.29, 0.717) is 40.1 Å². The highest BCUT2D eigenvalue weighted by Gasteiger charge is 2.25. The Bertz CT molecular complexity index is 769. The van der Waals surface area contributed by atoms with Crippen molar-refractivity contribution in [2.45, 2.75) is 33.0 Å². The van der Waals surface area contributed by atoms with Crippen LogP contribution in [0.2, 0.25) is 0 Å². The number of nitrogens with one attached hydrogen (secondary N) is 2. The van der Waals surface area contributed by atoms with Crippen molar-refractivity contribution in [3.8, 4) is 11.1 Å². The van der Waals surface area contributed by atoms with Crippen LogP contribution in [0.1, 0.15) is 38.4 Å². The predicted octanol–water partition coefficient (Wildman–Crippen LogP) is 0.0685. The van der Waals surface area contributed by atoms with E-state index >= 15 is 0 Å². The average molecular weight is 350 g/mol. The van der Waals surface area contributed by atoms with Crippen LogP contribution in [0.25, 0.3) is 11.1 Å². The first kappa shape index (κ1) is 19.1. The summed E-state index contributed by atoms with van der Waals surface area (Å²) in [5.74, 6) is -1.20. The molecule has 0 aliphatic heterocycles. The lowest BCUT2D eigenvalue weighted by Crippen LogP contribution is -2.08. The van der Waals surface area contributed by atoms with Crippen LogP contribution in [-0.2, 0) is 33.0 Å². The predicted molar refractivity (Wildman–Crippen MR) is 89.6 cm³/mol. The van der Waals surface area contributed by atoms with Crippen LogP contribution in [0.4, 0.5) is 0 Å². The van der Waals surface area contributed by atoms with E-state index in [9.17, 15) is 30.3 Å². The van der Waals surface area contributed by atoms with Crippen LogP contribution in [0.15, 0.2) is 12.1 Å². The van der Waals surface area contributed by atoms with E-state index in [2.05, 4.69) is 10.3 Å². The summed E-state index contributed by atoms with van der Waals surface area (Å²) in [5, 5.41) is 50.9. The number of benzene rings is 1. The van der Waals surface area contributed by atoms with Gasteiger partial charge in [0.05, 0.1) is 26.4 Å². The van der Waals surface area contributed by atoms with Gasteiger partial charge in [-0.25, -0.2) is 4.79 Å². The molecule has 1 aromatic heterocycles. The van der Waals surface area contributed by atoms with Gasteiger partial charge in [0.2, 0.25) is 0 Å². The van der Waals surface area contributed by atoms with Crippen LogP contribution < -0.4 is 5.32 Å². The van der Waals surface area contributed by atoms with Crippen molar-refractivity contribution in [3.63, 3.8) is 0 Å². The third-order valence-corrected chi connectivity index (χ3v) is 4.19. The van der Waals surface area contributed by atoms with Gasteiger partial charge in [0.1, 0.15) is 5.69 Å². The summed E-state index contributed by atoms with van der Waals surface area (Å²) in [4.78, 5) is 14.3. The zero-order chi connectivity index (χ0) is 18.6. The standard InChI is InChI=1S/C17H22N2O6/c1-18-4-14-15(13(8-23)16(19-14)17(24)25)10-3-2-9(5-20)11(6-21)12(10)7-22/h2-3,18-23H,4-8H2,1H3,(H,24,25). The van der Waals surface area contributed by atoms with Gasteiger partial charge in [-0.2, -0.15) is 0 Å². The summed E-state index contributed by atoms with van der Waals surface area (Å²) in [6, 6.07) is 3.25. The molecule has 0 saturated heterocycles. The zero-order valence-corrected chi connectivity index (χ0v) is 13.8. The van der Waals surface area contributed by atoms with E-state index in [0.717, 1.165) is 0 Å². The summed E-state index contributed by atoms with van der Waals surface area (Å²) < 4.78 is 0. The molecule has 136 valence electrons. The maximum atomic E-state index is 11.5. The molecule has 0 radical (unpaired) electrons. The number of carboxylic acid groups (broad SMARTS) is 1. The second-order valence-electron chi connectivity index (χ2n) is 5.53. The maximum Gasteiger partial charge on any atom is 0.352 e. The molecule has 8 heteroatoms. The molecule has 0 atom stereocenters. The Balaban J connectivity index is 2.83. The van der Waals surface area contributed by atoms with Crippen molar-refractivity contribution in [2.24, 2.45) is 0 Å². The first-order valence-electron chi connectivity index (χ1n) is 7.72. The fourth-order valence-corrected chi connectivity index (χ4v) is 3.07. The van der Waals surface area contributed by atoms with E-state index in [4.69, 9.17) is 0 Å². The van der Waals surface area contributed by atoms with Gasteiger partial charge in [-0.3, -0.25) is 0 Å². The van der Waals surface area contributed by atoms with Crippen molar-refractivity contribution in [1.29, 1.82) is 0 Å². The molecular formula is C17H22N2O6. The van der Waals surface area contributed by atoms with Gasteiger partial charge < -0.3 is 35.8 Å². The van der Waals surface area contributed by atoms with Crippen molar-refractivity contribution in [1.82, 2.24) is 10.3 Å². The van der Waals surface area contributed by atoms with E-state index in [1.165, 1.54) is 0 Å². The molecule has 8 nitrogen and oxygen atoms in total. The molecule has 0 aliphatic rings. The van der Waals surface area contributed by atoms with Gasteiger partial charge in [-0.15, -0.1) is 0 Å². The summed E-state index contributed by atoms with van der Waals surface area (Å²) >= 11 is 0. The second kappa shape index (κ2) is 8.24. The van der Waals surface area contributed by atoms with Gasteiger partial charge >= 0.3 is 5.97 Å². The Kier molecular flexibility index (Phi) is 6.29. The molecule has 1 aromatic carbocycles. The van der Waals surface area contributed by atoms with E-state index in [-0.39, 0.29) is 24.5 Å². The van der Waals surface area contributed by atoms with Crippen molar-refractivity contribution in [3.05, 3.63) is 45.8 Å². The minimum atomic E-state index is -1.20. The van der Waals surface area contributed by atoms with E-state index in [1.807, 2.05) is 0 Å². The molecule has 0 fully saturated rings.